The highest BCUT2D eigenvalue weighted by Crippen LogP contribution is 2.44. The van der Waals surface area contributed by atoms with E-state index in [1.165, 1.54) is 12.8 Å². The molecule has 0 aromatic carbocycles. The van der Waals surface area contributed by atoms with E-state index < -0.39 is 0 Å². The number of hydrogen-bond donors (Lipinski definition) is 3. The Morgan fingerprint density at radius 2 is 2.07 bits per heavy atom. The molecule has 4 N–H and O–H groups in total. The first-order valence-corrected chi connectivity index (χ1v) is 10.7. The summed E-state index contributed by atoms with van der Waals surface area (Å²) in [5, 5.41) is 13.9. The van der Waals surface area contributed by atoms with Gasteiger partial charge >= 0.3 is 0 Å². The summed E-state index contributed by atoms with van der Waals surface area (Å²) < 4.78 is 1.15. The number of aryl methyl sites for hydroxylation is 1. The number of nitrogens with two attached hydrogens (primary N) is 1. The van der Waals surface area contributed by atoms with Crippen molar-refractivity contribution >= 4 is 33.3 Å². The second-order valence-corrected chi connectivity index (χ2v) is 8.96. The molecule has 3 aromatic rings. The van der Waals surface area contributed by atoms with Gasteiger partial charge in [0, 0.05) is 24.8 Å². The number of nitrogen functional groups attached to an aromatic ring is 1. The van der Waals surface area contributed by atoms with Gasteiger partial charge in [-0.15, -0.1) is 11.3 Å². The topological polar surface area (TPSA) is 110 Å². The van der Waals surface area contributed by atoms with E-state index in [-0.39, 0.29) is 18.6 Å². The second-order valence-electron chi connectivity index (χ2n) is 7.93. The van der Waals surface area contributed by atoms with Gasteiger partial charge in [0.15, 0.2) is 0 Å². The van der Waals surface area contributed by atoms with Crippen LogP contribution in [0.25, 0.3) is 20.8 Å². The van der Waals surface area contributed by atoms with Crippen LogP contribution >= 0.6 is 11.3 Å². The molecular weight excluding hydrogens is 372 g/mol. The third-order valence-electron chi connectivity index (χ3n) is 5.76. The fourth-order valence-corrected chi connectivity index (χ4v) is 5.22. The summed E-state index contributed by atoms with van der Waals surface area (Å²) in [7, 11) is 0. The van der Waals surface area contributed by atoms with Crippen LogP contribution < -0.4 is 11.1 Å². The third-order valence-corrected chi connectivity index (χ3v) is 6.80. The van der Waals surface area contributed by atoms with Crippen LogP contribution in [-0.4, -0.2) is 37.7 Å². The summed E-state index contributed by atoms with van der Waals surface area (Å²) >= 11 is 1.65. The summed E-state index contributed by atoms with van der Waals surface area (Å²) in [6, 6.07) is 2.31. The number of aliphatic hydroxyl groups is 1. The SMILES string of the molecule is Cc1nc(N)nc(N[C@H]2CC[C@@H](CO)C2)c1-c1nc2c(C3CC3)nccc2s1. The Labute approximate surface area is 167 Å². The molecule has 7 nitrogen and oxygen atoms in total. The minimum atomic E-state index is 0.241. The summed E-state index contributed by atoms with van der Waals surface area (Å²) in [6.07, 6.45) is 7.27. The van der Waals surface area contributed by atoms with Crippen molar-refractivity contribution < 1.29 is 5.11 Å². The molecule has 2 aliphatic carbocycles. The molecule has 0 radical (unpaired) electrons. The van der Waals surface area contributed by atoms with Gasteiger partial charge in [0.2, 0.25) is 5.95 Å². The number of pyridine rings is 1. The summed E-state index contributed by atoms with van der Waals surface area (Å²) in [4.78, 5) is 18.4. The zero-order chi connectivity index (χ0) is 19.3. The lowest BCUT2D eigenvalue weighted by Gasteiger charge is -2.17. The van der Waals surface area contributed by atoms with E-state index >= 15 is 0 Å². The Morgan fingerprint density at radius 1 is 1.21 bits per heavy atom. The first-order valence-electron chi connectivity index (χ1n) is 9.89. The van der Waals surface area contributed by atoms with Gasteiger partial charge in [0.05, 0.1) is 21.7 Å². The van der Waals surface area contributed by atoms with Crippen LogP contribution in [0.5, 0.6) is 0 Å². The third kappa shape index (κ3) is 3.20. The predicted molar refractivity (Wildman–Crippen MR) is 111 cm³/mol. The molecule has 0 amide bonds. The molecule has 3 aromatic heterocycles. The fraction of sp³-hybridized carbons (Fsp3) is 0.500. The van der Waals surface area contributed by atoms with E-state index in [9.17, 15) is 5.11 Å². The van der Waals surface area contributed by atoms with Crippen molar-refractivity contribution in [2.24, 2.45) is 5.92 Å². The smallest absolute Gasteiger partial charge is 0.222 e. The number of anilines is 2. The van der Waals surface area contributed by atoms with E-state index in [4.69, 9.17) is 10.7 Å². The molecule has 0 spiro atoms. The number of aromatic nitrogens is 4. The monoisotopic (exact) mass is 396 g/mol. The minimum Gasteiger partial charge on any atom is -0.396 e. The molecule has 2 atom stereocenters. The highest BCUT2D eigenvalue weighted by atomic mass is 32.1. The van der Waals surface area contributed by atoms with Crippen LogP contribution in [0, 0.1) is 12.8 Å². The molecule has 5 rings (SSSR count). The molecular formula is C20H24N6OS. The lowest BCUT2D eigenvalue weighted by Crippen LogP contribution is -2.19. The van der Waals surface area contributed by atoms with Gasteiger partial charge in [-0.05, 0) is 51.0 Å². The van der Waals surface area contributed by atoms with Gasteiger partial charge in [0.25, 0.3) is 0 Å². The second kappa shape index (κ2) is 6.93. The number of rotatable bonds is 5. The zero-order valence-electron chi connectivity index (χ0n) is 15.9. The summed E-state index contributed by atoms with van der Waals surface area (Å²) in [5.41, 5.74) is 9.82. The highest BCUT2D eigenvalue weighted by Gasteiger charge is 2.29. The van der Waals surface area contributed by atoms with Crippen LogP contribution in [0.1, 0.15) is 49.4 Å². The Bertz CT molecular complexity index is 1030. The van der Waals surface area contributed by atoms with Crippen molar-refractivity contribution in [3.05, 3.63) is 23.7 Å². The van der Waals surface area contributed by atoms with Crippen molar-refractivity contribution in [1.29, 1.82) is 0 Å². The van der Waals surface area contributed by atoms with Crippen LogP contribution in [0.3, 0.4) is 0 Å². The average molecular weight is 397 g/mol. The van der Waals surface area contributed by atoms with Crippen molar-refractivity contribution in [3.63, 3.8) is 0 Å². The van der Waals surface area contributed by atoms with E-state index in [1.54, 1.807) is 11.3 Å². The van der Waals surface area contributed by atoms with Crippen molar-refractivity contribution in [3.8, 4) is 10.6 Å². The van der Waals surface area contributed by atoms with Crippen LogP contribution in [-0.2, 0) is 0 Å². The molecule has 0 unspecified atom stereocenters. The highest BCUT2D eigenvalue weighted by molar-refractivity contribution is 7.21. The number of thiazole rings is 1. The lowest BCUT2D eigenvalue weighted by molar-refractivity contribution is 0.229. The van der Waals surface area contributed by atoms with Crippen molar-refractivity contribution in [1.82, 2.24) is 19.9 Å². The first kappa shape index (κ1) is 17.8. The molecule has 28 heavy (non-hydrogen) atoms. The van der Waals surface area contributed by atoms with Gasteiger partial charge in [-0.25, -0.2) is 9.97 Å². The molecule has 2 aliphatic rings. The lowest BCUT2D eigenvalue weighted by atomic mass is 10.1. The van der Waals surface area contributed by atoms with Crippen molar-refractivity contribution in [2.75, 3.05) is 17.7 Å². The fourth-order valence-electron chi connectivity index (χ4n) is 4.16. The van der Waals surface area contributed by atoms with Gasteiger partial charge < -0.3 is 16.2 Å². The Kier molecular flexibility index (Phi) is 4.40. The van der Waals surface area contributed by atoms with Gasteiger partial charge in [-0.1, -0.05) is 0 Å². The maximum Gasteiger partial charge on any atom is 0.222 e. The maximum atomic E-state index is 9.44. The van der Waals surface area contributed by atoms with Gasteiger partial charge in [0.1, 0.15) is 16.3 Å². The van der Waals surface area contributed by atoms with Gasteiger partial charge in [-0.3, -0.25) is 4.98 Å². The van der Waals surface area contributed by atoms with Crippen molar-refractivity contribution in [2.45, 2.75) is 51.0 Å². The summed E-state index contributed by atoms with van der Waals surface area (Å²) in [6.45, 7) is 2.20. The summed E-state index contributed by atoms with van der Waals surface area (Å²) in [5.74, 6) is 1.92. The quantitative estimate of drug-likeness (QED) is 0.605. The standard InChI is InChI=1S/C20H24N6OS/c1-10-15(18(26-20(21)23-10)24-13-5-2-11(8-13)9-27)19-25-17-14(28-19)6-7-22-16(17)12-3-4-12/h6-7,11-13,27H,2-5,8-9H2,1H3,(H3,21,23,24,26)/t11-,13+/m1/s1. The van der Waals surface area contributed by atoms with E-state index in [0.717, 1.165) is 57.3 Å². The van der Waals surface area contributed by atoms with Gasteiger partial charge in [-0.2, -0.15) is 4.98 Å². The molecule has 3 heterocycles. The normalized spacial score (nSPS) is 22.1. The molecule has 0 bridgehead atoms. The molecule has 2 fully saturated rings. The molecule has 0 aliphatic heterocycles. The first-order chi connectivity index (χ1) is 13.6. The van der Waals surface area contributed by atoms with Crippen LogP contribution in [0.2, 0.25) is 0 Å². The number of nitrogens with one attached hydrogen (secondary N) is 1. The molecule has 0 saturated heterocycles. The van der Waals surface area contributed by atoms with Crippen LogP contribution in [0.4, 0.5) is 11.8 Å². The maximum absolute atomic E-state index is 9.44. The molecule has 146 valence electrons. The minimum absolute atomic E-state index is 0.241. The Hall–Kier alpha value is -2.32. The number of fused-ring (bicyclic) bond motifs is 1. The molecule has 8 heteroatoms. The number of hydrogen-bond acceptors (Lipinski definition) is 8. The number of aliphatic hydroxyl groups excluding tert-OH is 1. The van der Waals surface area contributed by atoms with E-state index in [0.29, 0.717) is 11.8 Å². The molecule has 2 saturated carbocycles. The Balaban J connectivity index is 1.56. The Morgan fingerprint density at radius 3 is 2.82 bits per heavy atom. The average Bonchev–Trinajstić information content (AvgIpc) is 3.26. The largest absolute Gasteiger partial charge is 0.396 e. The van der Waals surface area contributed by atoms with Crippen LogP contribution in [0.15, 0.2) is 12.3 Å². The zero-order valence-corrected chi connectivity index (χ0v) is 16.7. The predicted octanol–water partition coefficient (Wildman–Crippen LogP) is 3.49. The van der Waals surface area contributed by atoms with E-state index in [2.05, 4.69) is 20.3 Å². The number of nitrogens with zero attached hydrogens (tertiary/aromatic N) is 4. The van der Waals surface area contributed by atoms with E-state index in [1.807, 2.05) is 19.2 Å².